The third kappa shape index (κ3) is 7.75. The highest BCUT2D eigenvalue weighted by molar-refractivity contribution is 5.96. The number of rotatable bonds is 11. The van der Waals surface area contributed by atoms with Gasteiger partial charge in [-0.2, -0.15) is 0 Å². The maximum atomic E-state index is 14.6. The number of nitrogens with one attached hydrogen (secondary N) is 4. The summed E-state index contributed by atoms with van der Waals surface area (Å²) in [5, 5.41) is 9.93. The summed E-state index contributed by atoms with van der Waals surface area (Å²) in [5.74, 6) is -2.86. The van der Waals surface area contributed by atoms with E-state index in [9.17, 15) is 28.0 Å². The fraction of sp³-hybridized carbons (Fsp3) is 0.348. The van der Waals surface area contributed by atoms with Crippen LogP contribution in [0.4, 0.5) is 29.7 Å². The summed E-state index contributed by atoms with van der Waals surface area (Å²) < 4.78 is 39.0. The van der Waals surface area contributed by atoms with E-state index >= 15 is 0 Å². The molecule has 2 aromatic rings. The molecular formula is C23H26F2N6O6. The number of aromatic nitrogens is 1. The summed E-state index contributed by atoms with van der Waals surface area (Å²) in [7, 11) is 0. The zero-order valence-electron chi connectivity index (χ0n) is 19.9. The van der Waals surface area contributed by atoms with E-state index < -0.39 is 47.4 Å². The summed E-state index contributed by atoms with van der Waals surface area (Å²) in [6.07, 6.45) is 0.669. The van der Waals surface area contributed by atoms with E-state index in [2.05, 4.69) is 26.3 Å². The molecule has 1 aliphatic heterocycles. The van der Waals surface area contributed by atoms with E-state index in [1.54, 1.807) is 19.1 Å². The molecule has 37 heavy (non-hydrogen) atoms. The zero-order chi connectivity index (χ0) is 26.8. The molecule has 1 saturated heterocycles. The van der Waals surface area contributed by atoms with Crippen molar-refractivity contribution in [1.29, 1.82) is 0 Å². The van der Waals surface area contributed by atoms with Gasteiger partial charge in [0.05, 0.1) is 37.5 Å². The molecule has 14 heteroatoms. The fourth-order valence-electron chi connectivity index (χ4n) is 3.31. The third-order valence-corrected chi connectivity index (χ3v) is 5.04. The average molecular weight is 520 g/mol. The highest BCUT2D eigenvalue weighted by Crippen LogP contribution is 2.28. The lowest BCUT2D eigenvalue weighted by atomic mass is 10.2. The van der Waals surface area contributed by atoms with Crippen LogP contribution in [0.25, 0.3) is 0 Å². The van der Waals surface area contributed by atoms with Crippen molar-refractivity contribution in [2.75, 3.05) is 49.5 Å². The Morgan fingerprint density at radius 3 is 2.59 bits per heavy atom. The Labute approximate surface area is 210 Å². The molecule has 0 saturated carbocycles. The smallest absolute Gasteiger partial charge is 0.414 e. The molecule has 12 nitrogen and oxygen atoms in total. The molecule has 1 aliphatic rings. The van der Waals surface area contributed by atoms with Crippen LogP contribution in [0, 0.1) is 11.6 Å². The Bertz CT molecular complexity index is 1110. The number of benzene rings is 1. The Morgan fingerprint density at radius 2 is 1.92 bits per heavy atom. The van der Waals surface area contributed by atoms with E-state index in [4.69, 9.17) is 9.47 Å². The number of ether oxygens (including phenoxy) is 2. The molecule has 0 spiro atoms. The minimum absolute atomic E-state index is 0.0111. The van der Waals surface area contributed by atoms with Gasteiger partial charge in [-0.25, -0.2) is 18.4 Å². The first-order valence-electron chi connectivity index (χ1n) is 11.3. The lowest BCUT2D eigenvalue weighted by Crippen LogP contribution is -2.38. The number of pyridine rings is 1. The van der Waals surface area contributed by atoms with Crippen molar-refractivity contribution in [3.63, 3.8) is 0 Å². The monoisotopic (exact) mass is 520 g/mol. The normalized spacial score (nSPS) is 14.5. The first kappa shape index (κ1) is 27.1. The molecule has 198 valence electrons. The Morgan fingerprint density at radius 1 is 1.16 bits per heavy atom. The van der Waals surface area contributed by atoms with Crippen LogP contribution in [0.5, 0.6) is 0 Å². The third-order valence-electron chi connectivity index (χ3n) is 5.04. The number of carbonyl (C=O) groups excluding carboxylic acids is 4. The Balaban J connectivity index is 1.44. The molecule has 4 amide bonds. The number of amides is 4. The highest BCUT2D eigenvalue weighted by atomic mass is 19.1. The number of alkyl carbamates (subject to hydrolysis) is 1. The van der Waals surface area contributed by atoms with Gasteiger partial charge in [0.2, 0.25) is 5.91 Å². The molecular weight excluding hydrogens is 494 g/mol. The van der Waals surface area contributed by atoms with Gasteiger partial charge >= 0.3 is 12.2 Å². The molecule has 0 radical (unpaired) electrons. The second kappa shape index (κ2) is 13.0. The van der Waals surface area contributed by atoms with Crippen LogP contribution in [0.15, 0.2) is 36.7 Å². The van der Waals surface area contributed by atoms with Gasteiger partial charge in [0.1, 0.15) is 11.8 Å². The molecule has 1 fully saturated rings. The van der Waals surface area contributed by atoms with E-state index in [1.807, 2.05) is 0 Å². The second-order valence-electron chi connectivity index (χ2n) is 7.70. The van der Waals surface area contributed by atoms with Gasteiger partial charge < -0.3 is 30.7 Å². The quantitative estimate of drug-likeness (QED) is 0.325. The van der Waals surface area contributed by atoms with Gasteiger partial charge in [-0.05, 0) is 19.1 Å². The van der Waals surface area contributed by atoms with E-state index in [-0.39, 0.29) is 45.0 Å². The number of nitrogens with zero attached hydrogens (tertiary/aromatic N) is 2. The largest absolute Gasteiger partial charge is 0.450 e. The maximum absolute atomic E-state index is 14.6. The van der Waals surface area contributed by atoms with Gasteiger partial charge in [-0.1, -0.05) is 0 Å². The van der Waals surface area contributed by atoms with Crippen molar-refractivity contribution >= 4 is 35.4 Å². The van der Waals surface area contributed by atoms with Crippen LogP contribution < -0.4 is 26.2 Å². The van der Waals surface area contributed by atoms with E-state index in [1.165, 1.54) is 12.4 Å². The Hall–Kier alpha value is -4.49. The number of anilines is 2. The van der Waals surface area contributed by atoms with Gasteiger partial charge in [0.15, 0.2) is 11.6 Å². The Kier molecular flexibility index (Phi) is 9.52. The van der Waals surface area contributed by atoms with Crippen LogP contribution >= 0.6 is 0 Å². The summed E-state index contributed by atoms with van der Waals surface area (Å²) in [6.45, 7) is 1.50. The average Bonchev–Trinajstić information content (AvgIpc) is 3.26. The minimum Gasteiger partial charge on any atom is -0.450 e. The van der Waals surface area contributed by atoms with Crippen molar-refractivity contribution in [3.05, 3.63) is 53.9 Å². The van der Waals surface area contributed by atoms with Gasteiger partial charge in [0, 0.05) is 37.6 Å². The summed E-state index contributed by atoms with van der Waals surface area (Å²) in [6, 6.07) is 5.08. The number of halogens is 2. The molecule has 1 aromatic heterocycles. The molecule has 1 atom stereocenters. The fourth-order valence-corrected chi connectivity index (χ4v) is 3.31. The first-order valence-corrected chi connectivity index (χ1v) is 11.3. The van der Waals surface area contributed by atoms with Gasteiger partial charge in [-0.15, -0.1) is 0 Å². The van der Waals surface area contributed by atoms with E-state index in [0.29, 0.717) is 5.56 Å². The molecule has 2 heterocycles. The zero-order valence-corrected chi connectivity index (χ0v) is 19.9. The van der Waals surface area contributed by atoms with E-state index in [0.717, 1.165) is 17.0 Å². The van der Waals surface area contributed by atoms with Crippen LogP contribution in [0.1, 0.15) is 17.3 Å². The topological polar surface area (TPSA) is 151 Å². The number of cyclic esters (lactones) is 1. The molecule has 1 aromatic carbocycles. The van der Waals surface area contributed by atoms with Crippen LogP contribution in [-0.4, -0.2) is 74.4 Å². The lowest BCUT2D eigenvalue weighted by molar-refractivity contribution is -0.120. The first-order chi connectivity index (χ1) is 17.8. The lowest BCUT2D eigenvalue weighted by Gasteiger charge is -2.16. The van der Waals surface area contributed by atoms with Crippen LogP contribution in [0.3, 0.4) is 0 Å². The summed E-state index contributed by atoms with van der Waals surface area (Å²) >= 11 is 0. The summed E-state index contributed by atoms with van der Waals surface area (Å²) in [5.41, 5.74) is -0.185. The maximum Gasteiger partial charge on any atom is 0.414 e. The van der Waals surface area contributed by atoms with Crippen molar-refractivity contribution in [3.8, 4) is 0 Å². The molecule has 0 bridgehead atoms. The molecule has 4 N–H and O–H groups in total. The van der Waals surface area contributed by atoms with Crippen molar-refractivity contribution < 1.29 is 37.4 Å². The van der Waals surface area contributed by atoms with Crippen LogP contribution in [-0.2, 0) is 14.3 Å². The van der Waals surface area contributed by atoms with Crippen molar-refractivity contribution in [2.45, 2.75) is 13.0 Å². The minimum atomic E-state index is -0.953. The molecule has 3 rings (SSSR count). The second-order valence-corrected chi connectivity index (χ2v) is 7.70. The van der Waals surface area contributed by atoms with Gasteiger partial charge in [0.25, 0.3) is 5.91 Å². The predicted molar refractivity (Wildman–Crippen MR) is 127 cm³/mol. The summed E-state index contributed by atoms with van der Waals surface area (Å²) in [4.78, 5) is 52.2. The predicted octanol–water partition coefficient (Wildman–Crippen LogP) is 1.39. The van der Waals surface area contributed by atoms with Crippen molar-refractivity contribution in [2.24, 2.45) is 0 Å². The number of hydrogen-bond donors (Lipinski definition) is 4. The molecule has 0 unspecified atom stereocenters. The highest BCUT2D eigenvalue weighted by Gasteiger charge is 2.33. The standard InChI is InChI=1S/C23H26F2N6O6/c1-2-36-22(34)30-11-16-13-31(23(35)37-16)15-8-17(24)20(18(25)9-15)28-7-6-27-19(32)12-29-21(33)14-4-3-5-26-10-14/h3-5,8-10,16,28H,2,6-7,11-13H2,1H3,(H,27,32)(H,29,33)(H,30,34)/t16-/m0/s1. The van der Waals surface area contributed by atoms with Crippen LogP contribution in [0.2, 0.25) is 0 Å². The van der Waals surface area contributed by atoms with Gasteiger partial charge in [-0.3, -0.25) is 19.5 Å². The number of carbonyl (C=O) groups is 4. The molecule has 0 aliphatic carbocycles. The SMILES string of the molecule is CCOC(=O)NC[C@H]1CN(c2cc(F)c(NCCNC(=O)CNC(=O)c3cccnc3)c(F)c2)C(=O)O1. The van der Waals surface area contributed by atoms with Crippen molar-refractivity contribution in [1.82, 2.24) is 20.9 Å². The number of hydrogen-bond acceptors (Lipinski definition) is 8.